The molecule has 22 heavy (non-hydrogen) atoms. The summed E-state index contributed by atoms with van der Waals surface area (Å²) in [6, 6.07) is 9.50. The van der Waals surface area contributed by atoms with Crippen LogP contribution in [0.25, 0.3) is 0 Å². The Labute approximate surface area is 132 Å². The molecule has 0 unspecified atom stereocenters. The molecule has 4 heteroatoms. The number of esters is 1. The lowest BCUT2D eigenvalue weighted by Crippen LogP contribution is -2.18. The van der Waals surface area contributed by atoms with E-state index < -0.39 is 5.97 Å². The van der Waals surface area contributed by atoms with Crippen LogP contribution < -0.4 is 0 Å². The Morgan fingerprint density at radius 2 is 1.91 bits per heavy atom. The number of ether oxygens (including phenoxy) is 1. The Kier molecular flexibility index (Phi) is 6.94. The lowest BCUT2D eigenvalue weighted by Gasteiger charge is -2.21. The summed E-state index contributed by atoms with van der Waals surface area (Å²) in [7, 11) is 0. The highest BCUT2D eigenvalue weighted by atomic mass is 16.5. The average molecular weight is 303 g/mol. The third-order valence-corrected chi connectivity index (χ3v) is 4.32. The van der Waals surface area contributed by atoms with Crippen LogP contribution in [0.5, 0.6) is 0 Å². The van der Waals surface area contributed by atoms with E-state index in [2.05, 4.69) is 5.16 Å². The smallest absolute Gasteiger partial charge is 0.356 e. The van der Waals surface area contributed by atoms with Gasteiger partial charge in [-0.1, -0.05) is 74.0 Å². The van der Waals surface area contributed by atoms with Crippen LogP contribution in [0, 0.1) is 5.92 Å². The zero-order chi connectivity index (χ0) is 15.6. The molecule has 0 amide bonds. The SMILES string of the molecule is O=C(OCc1ccccc1)C(CCCC1CCCCC1)=NO. The summed E-state index contributed by atoms with van der Waals surface area (Å²) in [6.07, 6.45) is 9.06. The molecule has 0 saturated heterocycles. The molecular weight excluding hydrogens is 278 g/mol. The van der Waals surface area contributed by atoms with Gasteiger partial charge in [-0.15, -0.1) is 0 Å². The summed E-state index contributed by atoms with van der Waals surface area (Å²) >= 11 is 0. The van der Waals surface area contributed by atoms with E-state index in [0.29, 0.717) is 6.42 Å². The van der Waals surface area contributed by atoms with Gasteiger partial charge in [-0.3, -0.25) is 0 Å². The number of oxime groups is 1. The van der Waals surface area contributed by atoms with Crippen LogP contribution in [-0.4, -0.2) is 16.9 Å². The third-order valence-electron chi connectivity index (χ3n) is 4.32. The normalized spacial score (nSPS) is 16.5. The van der Waals surface area contributed by atoms with E-state index in [-0.39, 0.29) is 12.3 Å². The summed E-state index contributed by atoms with van der Waals surface area (Å²) in [5, 5.41) is 12.1. The molecule has 1 fully saturated rings. The molecule has 0 spiro atoms. The molecule has 1 N–H and O–H groups in total. The van der Waals surface area contributed by atoms with E-state index in [0.717, 1.165) is 24.3 Å². The fraction of sp³-hybridized carbons (Fsp3) is 0.556. The number of rotatable bonds is 7. The first-order chi connectivity index (χ1) is 10.8. The first kappa shape index (κ1) is 16.5. The number of carbonyl (C=O) groups is 1. The third kappa shape index (κ3) is 5.51. The van der Waals surface area contributed by atoms with E-state index in [1.54, 1.807) is 0 Å². The summed E-state index contributed by atoms with van der Waals surface area (Å²) in [5.74, 6) is 0.254. The van der Waals surface area contributed by atoms with Crippen molar-refractivity contribution in [2.45, 2.75) is 58.0 Å². The van der Waals surface area contributed by atoms with Crippen LogP contribution in [0.3, 0.4) is 0 Å². The van der Waals surface area contributed by atoms with Crippen LogP contribution >= 0.6 is 0 Å². The van der Waals surface area contributed by atoms with Crippen molar-refractivity contribution in [3.63, 3.8) is 0 Å². The van der Waals surface area contributed by atoms with Crippen LogP contribution in [0.1, 0.15) is 56.9 Å². The molecule has 1 aliphatic rings. The minimum absolute atomic E-state index is 0.131. The molecule has 0 radical (unpaired) electrons. The Bertz CT molecular complexity index is 478. The van der Waals surface area contributed by atoms with Gasteiger partial charge < -0.3 is 9.94 Å². The molecule has 0 atom stereocenters. The number of carbonyl (C=O) groups excluding carboxylic acids is 1. The van der Waals surface area contributed by atoms with Crippen molar-refractivity contribution >= 4 is 11.7 Å². The van der Waals surface area contributed by atoms with Crippen molar-refractivity contribution in [3.05, 3.63) is 35.9 Å². The standard InChI is InChI=1S/C18H25NO3/c20-18(22-14-16-10-5-2-6-11-16)17(19-21)13-7-12-15-8-3-1-4-9-15/h2,5-6,10-11,15,21H,1,3-4,7-9,12-14H2. The lowest BCUT2D eigenvalue weighted by molar-refractivity contribution is -0.137. The van der Waals surface area contributed by atoms with E-state index in [9.17, 15) is 4.79 Å². The molecule has 1 aromatic rings. The maximum Gasteiger partial charge on any atom is 0.356 e. The fourth-order valence-electron chi connectivity index (χ4n) is 3.03. The van der Waals surface area contributed by atoms with Gasteiger partial charge in [0.05, 0.1) is 0 Å². The number of hydrogen-bond donors (Lipinski definition) is 1. The minimum atomic E-state index is -0.519. The van der Waals surface area contributed by atoms with E-state index in [1.807, 2.05) is 30.3 Å². The highest BCUT2D eigenvalue weighted by Crippen LogP contribution is 2.27. The second-order valence-electron chi connectivity index (χ2n) is 6.00. The number of benzene rings is 1. The molecule has 0 aliphatic heterocycles. The van der Waals surface area contributed by atoms with Crippen molar-refractivity contribution in [2.24, 2.45) is 11.1 Å². The van der Waals surface area contributed by atoms with E-state index in [1.165, 1.54) is 32.1 Å². The van der Waals surface area contributed by atoms with E-state index in [4.69, 9.17) is 9.94 Å². The van der Waals surface area contributed by atoms with Gasteiger partial charge in [0.15, 0.2) is 5.71 Å². The van der Waals surface area contributed by atoms with Gasteiger partial charge in [-0.25, -0.2) is 4.79 Å². The highest BCUT2D eigenvalue weighted by Gasteiger charge is 2.17. The molecular formula is C18H25NO3. The summed E-state index contributed by atoms with van der Waals surface area (Å²) in [6.45, 7) is 0.210. The van der Waals surface area contributed by atoms with Gasteiger partial charge >= 0.3 is 5.97 Å². The second-order valence-corrected chi connectivity index (χ2v) is 6.00. The predicted octanol–water partition coefficient (Wildman–Crippen LogP) is 4.31. The van der Waals surface area contributed by atoms with Gasteiger partial charge in [0.1, 0.15) is 6.61 Å². The Morgan fingerprint density at radius 1 is 1.18 bits per heavy atom. The maximum atomic E-state index is 11.9. The maximum absolute atomic E-state index is 11.9. The van der Waals surface area contributed by atoms with E-state index >= 15 is 0 Å². The van der Waals surface area contributed by atoms with Crippen LogP contribution in [0.4, 0.5) is 0 Å². The quantitative estimate of drug-likeness (QED) is 0.353. The second kappa shape index (κ2) is 9.23. The number of nitrogens with zero attached hydrogens (tertiary/aromatic N) is 1. The van der Waals surface area contributed by atoms with Gasteiger partial charge in [0.25, 0.3) is 0 Å². The van der Waals surface area contributed by atoms with Gasteiger partial charge in [0, 0.05) is 6.42 Å². The van der Waals surface area contributed by atoms with Crippen LogP contribution in [0.15, 0.2) is 35.5 Å². The van der Waals surface area contributed by atoms with Crippen LogP contribution in [0.2, 0.25) is 0 Å². The molecule has 4 nitrogen and oxygen atoms in total. The molecule has 2 rings (SSSR count). The summed E-state index contributed by atoms with van der Waals surface area (Å²) < 4.78 is 5.19. The zero-order valence-corrected chi connectivity index (χ0v) is 13.0. The summed E-state index contributed by atoms with van der Waals surface area (Å²) in [5.41, 5.74) is 1.06. The Morgan fingerprint density at radius 3 is 2.59 bits per heavy atom. The molecule has 0 aromatic heterocycles. The topological polar surface area (TPSA) is 58.9 Å². The van der Waals surface area contributed by atoms with Gasteiger partial charge in [-0.2, -0.15) is 0 Å². The van der Waals surface area contributed by atoms with Crippen LogP contribution in [-0.2, 0) is 16.1 Å². The average Bonchev–Trinajstić information content (AvgIpc) is 2.58. The van der Waals surface area contributed by atoms with Crippen molar-refractivity contribution in [3.8, 4) is 0 Å². The molecule has 120 valence electrons. The van der Waals surface area contributed by atoms with Gasteiger partial charge in [0.2, 0.25) is 0 Å². The molecule has 0 heterocycles. The molecule has 1 aliphatic carbocycles. The predicted molar refractivity (Wildman–Crippen MR) is 85.9 cm³/mol. The number of hydrogen-bond acceptors (Lipinski definition) is 4. The van der Waals surface area contributed by atoms with Crippen molar-refractivity contribution < 1.29 is 14.7 Å². The molecule has 1 aromatic carbocycles. The largest absolute Gasteiger partial charge is 0.456 e. The molecule has 1 saturated carbocycles. The Balaban J connectivity index is 1.70. The molecule has 0 bridgehead atoms. The highest BCUT2D eigenvalue weighted by molar-refractivity contribution is 6.36. The zero-order valence-electron chi connectivity index (χ0n) is 13.0. The van der Waals surface area contributed by atoms with Crippen molar-refractivity contribution in [1.82, 2.24) is 0 Å². The fourth-order valence-corrected chi connectivity index (χ4v) is 3.03. The first-order valence-electron chi connectivity index (χ1n) is 8.21. The minimum Gasteiger partial charge on any atom is -0.456 e. The summed E-state index contributed by atoms with van der Waals surface area (Å²) in [4.78, 5) is 11.9. The van der Waals surface area contributed by atoms with Crippen molar-refractivity contribution in [1.29, 1.82) is 0 Å². The lowest BCUT2D eigenvalue weighted by atomic mass is 9.85. The monoisotopic (exact) mass is 303 g/mol. The van der Waals surface area contributed by atoms with Crippen molar-refractivity contribution in [2.75, 3.05) is 0 Å². The Hall–Kier alpha value is -1.84. The first-order valence-corrected chi connectivity index (χ1v) is 8.21. The van der Waals surface area contributed by atoms with Gasteiger partial charge in [-0.05, 0) is 17.9 Å².